The van der Waals surface area contributed by atoms with Crippen molar-refractivity contribution < 1.29 is 0 Å². The van der Waals surface area contributed by atoms with Crippen molar-refractivity contribution in [2.75, 3.05) is 20.1 Å². The van der Waals surface area contributed by atoms with E-state index in [9.17, 15) is 0 Å². The zero-order valence-corrected chi connectivity index (χ0v) is 17.1. The lowest BCUT2D eigenvalue weighted by molar-refractivity contribution is 0.476. The summed E-state index contributed by atoms with van der Waals surface area (Å²) in [6, 6.07) is 10.5. The Bertz CT molecular complexity index is 609. The first-order valence-electron chi connectivity index (χ1n) is 8.20. The molecule has 1 heterocycles. The Morgan fingerprint density at radius 2 is 2.00 bits per heavy atom. The molecule has 5 nitrogen and oxygen atoms in total. The van der Waals surface area contributed by atoms with Gasteiger partial charge in [0, 0.05) is 39.9 Å². The maximum atomic E-state index is 4.74. The number of aromatic nitrogens is 2. The number of aliphatic imine (C=N–C) groups is 1. The van der Waals surface area contributed by atoms with Gasteiger partial charge in [0.2, 0.25) is 0 Å². The standard InChI is InChI=1S/C18H27N5.HI/c1-4-19-18(22(2)14-16-9-6-5-7-10-16)20-12-8-11-17-13-21-23(3)15-17;/h5-7,9-10,13,15H,4,8,11-12,14H2,1-3H3,(H,19,20);1H. The van der Waals surface area contributed by atoms with Crippen LogP contribution in [0.3, 0.4) is 0 Å². The molecule has 0 atom stereocenters. The van der Waals surface area contributed by atoms with Gasteiger partial charge in [-0.3, -0.25) is 9.67 Å². The first-order valence-corrected chi connectivity index (χ1v) is 8.20. The van der Waals surface area contributed by atoms with Gasteiger partial charge in [-0.1, -0.05) is 30.3 Å². The molecule has 0 unspecified atom stereocenters. The fourth-order valence-electron chi connectivity index (χ4n) is 2.47. The molecule has 0 spiro atoms. The van der Waals surface area contributed by atoms with Crippen molar-refractivity contribution in [3.8, 4) is 0 Å². The number of nitrogens with one attached hydrogen (secondary N) is 1. The van der Waals surface area contributed by atoms with E-state index in [1.54, 1.807) is 0 Å². The molecule has 0 radical (unpaired) electrons. The van der Waals surface area contributed by atoms with Crippen LogP contribution in [-0.2, 0) is 20.0 Å². The summed E-state index contributed by atoms with van der Waals surface area (Å²) in [7, 11) is 4.03. The van der Waals surface area contributed by atoms with Crippen molar-refractivity contribution in [1.82, 2.24) is 20.0 Å². The molecule has 2 rings (SSSR count). The maximum absolute atomic E-state index is 4.74. The van der Waals surface area contributed by atoms with Gasteiger partial charge in [0.1, 0.15) is 0 Å². The molecule has 6 heteroatoms. The fraction of sp³-hybridized carbons (Fsp3) is 0.444. The lowest BCUT2D eigenvalue weighted by atomic mass is 10.2. The summed E-state index contributed by atoms with van der Waals surface area (Å²) < 4.78 is 1.84. The smallest absolute Gasteiger partial charge is 0.193 e. The molecule has 1 aromatic heterocycles. The van der Waals surface area contributed by atoms with Gasteiger partial charge in [0.25, 0.3) is 0 Å². The Balaban J connectivity index is 0.00000288. The van der Waals surface area contributed by atoms with E-state index in [1.165, 1.54) is 11.1 Å². The molecule has 1 aromatic carbocycles. The van der Waals surface area contributed by atoms with Crippen LogP contribution in [0.15, 0.2) is 47.7 Å². The molecule has 0 aliphatic rings. The van der Waals surface area contributed by atoms with Gasteiger partial charge >= 0.3 is 0 Å². The number of nitrogens with zero attached hydrogens (tertiary/aromatic N) is 4. The molecule has 2 aromatic rings. The largest absolute Gasteiger partial charge is 0.357 e. The number of hydrogen-bond donors (Lipinski definition) is 1. The second kappa shape index (κ2) is 11.1. The highest BCUT2D eigenvalue weighted by atomic mass is 127. The predicted octanol–water partition coefficient (Wildman–Crippen LogP) is 3.07. The lowest BCUT2D eigenvalue weighted by Gasteiger charge is -2.22. The third-order valence-corrected chi connectivity index (χ3v) is 3.60. The monoisotopic (exact) mass is 441 g/mol. The number of rotatable bonds is 7. The molecule has 0 saturated carbocycles. The Kier molecular flexibility index (Phi) is 9.44. The van der Waals surface area contributed by atoms with E-state index in [0.717, 1.165) is 38.4 Å². The minimum Gasteiger partial charge on any atom is -0.357 e. The summed E-state index contributed by atoms with van der Waals surface area (Å²) in [5, 5.41) is 7.56. The third kappa shape index (κ3) is 6.90. The Hall–Kier alpha value is -1.57. The summed E-state index contributed by atoms with van der Waals surface area (Å²) in [5.41, 5.74) is 2.56. The number of aryl methyl sites for hydroxylation is 2. The number of halogens is 1. The Labute approximate surface area is 162 Å². The van der Waals surface area contributed by atoms with Gasteiger partial charge in [-0.2, -0.15) is 5.10 Å². The first-order chi connectivity index (χ1) is 11.2. The van der Waals surface area contributed by atoms with Gasteiger partial charge in [0.15, 0.2) is 5.96 Å². The molecule has 0 aliphatic heterocycles. The van der Waals surface area contributed by atoms with Crippen LogP contribution in [0.1, 0.15) is 24.5 Å². The van der Waals surface area contributed by atoms with Crippen molar-refractivity contribution in [2.45, 2.75) is 26.3 Å². The molecular weight excluding hydrogens is 413 g/mol. The van der Waals surface area contributed by atoms with Crippen LogP contribution in [0.25, 0.3) is 0 Å². The van der Waals surface area contributed by atoms with Gasteiger partial charge in [-0.15, -0.1) is 24.0 Å². The van der Waals surface area contributed by atoms with E-state index in [4.69, 9.17) is 4.99 Å². The van der Waals surface area contributed by atoms with Crippen molar-refractivity contribution in [3.05, 3.63) is 53.9 Å². The van der Waals surface area contributed by atoms with E-state index in [0.29, 0.717) is 0 Å². The van der Waals surface area contributed by atoms with E-state index in [2.05, 4.69) is 59.7 Å². The highest BCUT2D eigenvalue weighted by molar-refractivity contribution is 14.0. The van der Waals surface area contributed by atoms with Gasteiger partial charge in [-0.05, 0) is 30.9 Å². The molecule has 0 bridgehead atoms. The Morgan fingerprint density at radius 3 is 2.62 bits per heavy atom. The van der Waals surface area contributed by atoms with E-state index < -0.39 is 0 Å². The molecule has 0 fully saturated rings. The maximum Gasteiger partial charge on any atom is 0.193 e. The molecule has 0 saturated heterocycles. The van der Waals surface area contributed by atoms with Crippen LogP contribution in [-0.4, -0.2) is 40.8 Å². The number of guanidine groups is 1. The number of benzene rings is 1. The van der Waals surface area contributed by atoms with Crippen molar-refractivity contribution >= 4 is 29.9 Å². The first kappa shape index (κ1) is 20.5. The summed E-state index contributed by atoms with van der Waals surface area (Å²) in [6.07, 6.45) is 6.03. The number of hydrogen-bond acceptors (Lipinski definition) is 2. The highest BCUT2D eigenvalue weighted by Crippen LogP contribution is 2.04. The Morgan fingerprint density at radius 1 is 1.25 bits per heavy atom. The normalized spacial score (nSPS) is 11.0. The molecule has 132 valence electrons. The van der Waals surface area contributed by atoms with E-state index in [-0.39, 0.29) is 24.0 Å². The average molecular weight is 441 g/mol. The van der Waals surface area contributed by atoms with Crippen molar-refractivity contribution in [2.24, 2.45) is 12.0 Å². The van der Waals surface area contributed by atoms with Gasteiger partial charge in [-0.25, -0.2) is 0 Å². The fourth-order valence-corrected chi connectivity index (χ4v) is 2.47. The van der Waals surface area contributed by atoms with Crippen molar-refractivity contribution in [1.29, 1.82) is 0 Å². The predicted molar refractivity (Wildman–Crippen MR) is 111 cm³/mol. The van der Waals surface area contributed by atoms with E-state index >= 15 is 0 Å². The van der Waals surface area contributed by atoms with E-state index in [1.807, 2.05) is 24.0 Å². The molecule has 0 aliphatic carbocycles. The highest BCUT2D eigenvalue weighted by Gasteiger charge is 2.06. The SMILES string of the molecule is CCNC(=NCCCc1cnn(C)c1)N(C)Cc1ccccc1.I. The molecular formula is C18H28IN5. The summed E-state index contributed by atoms with van der Waals surface area (Å²) >= 11 is 0. The summed E-state index contributed by atoms with van der Waals surface area (Å²) in [6.45, 7) is 4.65. The minimum absolute atomic E-state index is 0. The molecule has 24 heavy (non-hydrogen) atoms. The second-order valence-electron chi connectivity index (χ2n) is 5.70. The van der Waals surface area contributed by atoms with Crippen LogP contribution in [0.4, 0.5) is 0 Å². The van der Waals surface area contributed by atoms with Gasteiger partial charge in [0.05, 0.1) is 6.20 Å². The minimum atomic E-state index is 0. The molecule has 1 N–H and O–H groups in total. The van der Waals surface area contributed by atoms with Crippen LogP contribution < -0.4 is 5.32 Å². The van der Waals surface area contributed by atoms with Crippen molar-refractivity contribution in [3.63, 3.8) is 0 Å². The van der Waals surface area contributed by atoms with Crippen LogP contribution in [0.5, 0.6) is 0 Å². The average Bonchev–Trinajstić information content (AvgIpc) is 2.96. The lowest BCUT2D eigenvalue weighted by Crippen LogP contribution is -2.38. The second-order valence-corrected chi connectivity index (χ2v) is 5.70. The third-order valence-electron chi connectivity index (χ3n) is 3.60. The topological polar surface area (TPSA) is 45.5 Å². The van der Waals surface area contributed by atoms with Crippen LogP contribution >= 0.6 is 24.0 Å². The van der Waals surface area contributed by atoms with Crippen LogP contribution in [0, 0.1) is 0 Å². The zero-order chi connectivity index (χ0) is 16.5. The van der Waals surface area contributed by atoms with Crippen LogP contribution in [0.2, 0.25) is 0 Å². The molecule has 0 amide bonds. The summed E-state index contributed by atoms with van der Waals surface area (Å²) in [5.74, 6) is 0.961. The summed E-state index contributed by atoms with van der Waals surface area (Å²) in [4.78, 5) is 6.91. The zero-order valence-electron chi connectivity index (χ0n) is 14.8. The van der Waals surface area contributed by atoms with Gasteiger partial charge < -0.3 is 10.2 Å². The quantitative estimate of drug-likeness (QED) is 0.311.